The summed E-state index contributed by atoms with van der Waals surface area (Å²) in [7, 11) is 1.86. The topological polar surface area (TPSA) is 51.9 Å². The lowest BCUT2D eigenvalue weighted by molar-refractivity contribution is 0.102. The summed E-state index contributed by atoms with van der Waals surface area (Å²) in [6, 6.07) is 15.0. The molecule has 4 aromatic rings. The highest BCUT2D eigenvalue weighted by molar-refractivity contribution is 6.35. The fourth-order valence-electron chi connectivity index (χ4n) is 2.87. The highest BCUT2D eigenvalue weighted by atomic mass is 35.5. The molecule has 0 fully saturated rings. The Kier molecular flexibility index (Phi) is 3.78. The van der Waals surface area contributed by atoms with Gasteiger partial charge in [-0.15, -0.1) is 0 Å². The van der Waals surface area contributed by atoms with Crippen LogP contribution in [-0.4, -0.2) is 20.0 Å². The Morgan fingerprint density at radius 2 is 1.96 bits per heavy atom. The molecule has 1 N–H and O–H groups in total. The van der Waals surface area contributed by atoms with Crippen molar-refractivity contribution in [2.75, 3.05) is 5.32 Å². The molecule has 0 radical (unpaired) electrons. The Morgan fingerprint density at radius 1 is 1.16 bits per heavy atom. The van der Waals surface area contributed by atoms with E-state index in [1.54, 1.807) is 12.5 Å². The van der Waals surface area contributed by atoms with Crippen LogP contribution in [0.5, 0.6) is 0 Å². The molecule has 25 heavy (non-hydrogen) atoms. The number of amides is 1. The Labute approximate surface area is 149 Å². The van der Waals surface area contributed by atoms with E-state index in [2.05, 4.69) is 10.3 Å². The number of anilines is 1. The normalized spacial score (nSPS) is 11.0. The molecule has 4 rings (SSSR count). The number of benzene rings is 2. The van der Waals surface area contributed by atoms with E-state index in [-0.39, 0.29) is 5.91 Å². The maximum absolute atomic E-state index is 12.6. The first-order valence-electron chi connectivity index (χ1n) is 7.77. The highest BCUT2D eigenvalue weighted by Crippen LogP contribution is 2.26. The highest BCUT2D eigenvalue weighted by Gasteiger charge is 2.15. The number of nitrogens with zero attached hydrogens (tertiary/aromatic N) is 3. The minimum Gasteiger partial charge on any atom is -0.340 e. The third-order valence-corrected chi connectivity index (χ3v) is 4.52. The minimum atomic E-state index is -0.176. The maximum atomic E-state index is 12.6. The summed E-state index contributed by atoms with van der Waals surface area (Å²) in [5.41, 5.74) is 3.19. The van der Waals surface area contributed by atoms with Gasteiger partial charge in [-0.05, 0) is 42.5 Å². The van der Waals surface area contributed by atoms with Crippen molar-refractivity contribution < 1.29 is 4.79 Å². The predicted octanol–water partition coefficient (Wildman–Crippen LogP) is 4.27. The second-order valence-corrected chi connectivity index (χ2v) is 6.14. The third-order valence-electron chi connectivity index (χ3n) is 4.19. The van der Waals surface area contributed by atoms with Crippen molar-refractivity contribution in [1.82, 2.24) is 14.1 Å². The van der Waals surface area contributed by atoms with Gasteiger partial charge < -0.3 is 14.5 Å². The number of hydrogen-bond donors (Lipinski definition) is 1. The molecule has 0 aliphatic rings. The van der Waals surface area contributed by atoms with E-state index in [9.17, 15) is 4.79 Å². The van der Waals surface area contributed by atoms with Crippen molar-refractivity contribution >= 4 is 34.1 Å². The molecule has 0 atom stereocenters. The molecular formula is C19H15ClN4O. The average Bonchev–Trinajstić information content (AvgIpc) is 3.25. The standard InChI is InChI=1S/C19H15ClN4O/c1-23-17-4-2-3-16(20)15(17)11-18(23)19(25)22-13-5-7-14(8-6-13)24-10-9-21-12-24/h2-12H,1H3,(H,22,25). The SMILES string of the molecule is Cn1c(C(=O)Nc2ccc(-n3ccnc3)cc2)cc2c(Cl)cccc21. The summed E-state index contributed by atoms with van der Waals surface area (Å²) in [5, 5.41) is 4.43. The first kappa shape index (κ1) is 15.5. The van der Waals surface area contributed by atoms with Crippen LogP contribution in [-0.2, 0) is 7.05 Å². The number of aryl methyl sites for hydroxylation is 1. The number of imidazole rings is 1. The number of hydrogen-bond acceptors (Lipinski definition) is 2. The molecular weight excluding hydrogens is 336 g/mol. The van der Waals surface area contributed by atoms with E-state index >= 15 is 0 Å². The zero-order valence-electron chi connectivity index (χ0n) is 13.5. The summed E-state index contributed by atoms with van der Waals surface area (Å²) in [6.07, 6.45) is 5.32. The van der Waals surface area contributed by atoms with Crippen LogP contribution >= 0.6 is 11.6 Å². The molecule has 2 heterocycles. The van der Waals surface area contributed by atoms with Crippen LogP contribution in [0, 0.1) is 0 Å². The molecule has 0 saturated heterocycles. The number of carbonyl (C=O) groups excluding carboxylic acids is 1. The van der Waals surface area contributed by atoms with Crippen LogP contribution in [0.4, 0.5) is 5.69 Å². The van der Waals surface area contributed by atoms with Gasteiger partial charge in [-0.3, -0.25) is 4.79 Å². The molecule has 5 nitrogen and oxygen atoms in total. The van der Waals surface area contributed by atoms with Gasteiger partial charge in [-0.1, -0.05) is 17.7 Å². The Hall–Kier alpha value is -3.05. The van der Waals surface area contributed by atoms with E-state index in [1.807, 2.05) is 70.9 Å². The van der Waals surface area contributed by atoms with Gasteiger partial charge in [0, 0.05) is 46.7 Å². The number of aromatic nitrogens is 3. The fraction of sp³-hybridized carbons (Fsp3) is 0.0526. The smallest absolute Gasteiger partial charge is 0.272 e. The number of carbonyl (C=O) groups is 1. The van der Waals surface area contributed by atoms with E-state index in [0.29, 0.717) is 10.7 Å². The number of fused-ring (bicyclic) bond motifs is 1. The van der Waals surface area contributed by atoms with Crippen LogP contribution in [0.15, 0.2) is 67.3 Å². The van der Waals surface area contributed by atoms with Crippen molar-refractivity contribution in [2.24, 2.45) is 7.05 Å². The lowest BCUT2D eigenvalue weighted by Crippen LogP contribution is -2.15. The van der Waals surface area contributed by atoms with Gasteiger partial charge in [0.15, 0.2) is 0 Å². The van der Waals surface area contributed by atoms with Gasteiger partial charge >= 0.3 is 0 Å². The molecule has 0 aliphatic carbocycles. The monoisotopic (exact) mass is 350 g/mol. The van der Waals surface area contributed by atoms with Crippen molar-refractivity contribution in [1.29, 1.82) is 0 Å². The lowest BCUT2D eigenvalue weighted by Gasteiger charge is -2.08. The molecule has 0 bridgehead atoms. The molecule has 1 amide bonds. The molecule has 0 unspecified atom stereocenters. The third kappa shape index (κ3) is 2.79. The van der Waals surface area contributed by atoms with Crippen molar-refractivity contribution in [2.45, 2.75) is 0 Å². The van der Waals surface area contributed by atoms with E-state index in [0.717, 1.165) is 22.3 Å². The van der Waals surface area contributed by atoms with Gasteiger partial charge in [0.05, 0.1) is 6.33 Å². The molecule has 124 valence electrons. The van der Waals surface area contributed by atoms with Crippen molar-refractivity contribution in [3.63, 3.8) is 0 Å². The van der Waals surface area contributed by atoms with Crippen molar-refractivity contribution in [3.05, 3.63) is 78.0 Å². The molecule has 2 aromatic heterocycles. The van der Waals surface area contributed by atoms with Gasteiger partial charge in [0.25, 0.3) is 5.91 Å². The number of rotatable bonds is 3. The van der Waals surface area contributed by atoms with E-state index < -0.39 is 0 Å². The fourth-order valence-corrected chi connectivity index (χ4v) is 3.09. The zero-order valence-corrected chi connectivity index (χ0v) is 14.2. The van der Waals surface area contributed by atoms with Gasteiger partial charge in [0.1, 0.15) is 5.69 Å². The lowest BCUT2D eigenvalue weighted by atomic mass is 10.2. The van der Waals surface area contributed by atoms with E-state index in [1.165, 1.54) is 0 Å². The first-order chi connectivity index (χ1) is 12.1. The molecule has 0 spiro atoms. The summed E-state index contributed by atoms with van der Waals surface area (Å²) < 4.78 is 3.74. The van der Waals surface area contributed by atoms with Crippen molar-refractivity contribution in [3.8, 4) is 5.69 Å². The van der Waals surface area contributed by atoms with Crippen LogP contribution < -0.4 is 5.32 Å². The largest absolute Gasteiger partial charge is 0.340 e. The Balaban J connectivity index is 1.60. The number of halogens is 1. The second-order valence-electron chi connectivity index (χ2n) is 5.73. The molecule has 0 saturated carbocycles. The molecule has 0 aliphatic heterocycles. The van der Waals surface area contributed by atoms with Gasteiger partial charge in [-0.25, -0.2) is 4.98 Å². The summed E-state index contributed by atoms with van der Waals surface area (Å²) in [4.78, 5) is 16.7. The zero-order chi connectivity index (χ0) is 17.4. The van der Waals surface area contributed by atoms with Crippen LogP contribution in [0.2, 0.25) is 5.02 Å². The molecule has 6 heteroatoms. The predicted molar refractivity (Wildman–Crippen MR) is 99.4 cm³/mol. The van der Waals surface area contributed by atoms with Crippen LogP contribution in [0.25, 0.3) is 16.6 Å². The van der Waals surface area contributed by atoms with Gasteiger partial charge in [0.2, 0.25) is 0 Å². The Bertz CT molecular complexity index is 1050. The summed E-state index contributed by atoms with van der Waals surface area (Å²) in [5.74, 6) is -0.176. The van der Waals surface area contributed by atoms with Crippen LogP contribution in [0.3, 0.4) is 0 Å². The summed E-state index contributed by atoms with van der Waals surface area (Å²) in [6.45, 7) is 0. The molecule has 2 aromatic carbocycles. The average molecular weight is 351 g/mol. The second kappa shape index (κ2) is 6.11. The minimum absolute atomic E-state index is 0.176. The summed E-state index contributed by atoms with van der Waals surface area (Å²) >= 11 is 6.22. The van der Waals surface area contributed by atoms with Gasteiger partial charge in [-0.2, -0.15) is 0 Å². The number of nitrogens with one attached hydrogen (secondary N) is 1. The maximum Gasteiger partial charge on any atom is 0.272 e. The Morgan fingerprint density at radius 3 is 2.64 bits per heavy atom. The quantitative estimate of drug-likeness (QED) is 0.600. The van der Waals surface area contributed by atoms with Crippen LogP contribution in [0.1, 0.15) is 10.5 Å². The van der Waals surface area contributed by atoms with E-state index in [4.69, 9.17) is 11.6 Å². The first-order valence-corrected chi connectivity index (χ1v) is 8.15.